The van der Waals surface area contributed by atoms with Crippen LogP contribution in [0.5, 0.6) is 0 Å². The van der Waals surface area contributed by atoms with E-state index < -0.39 is 11.9 Å². The second kappa shape index (κ2) is 8.08. The van der Waals surface area contributed by atoms with Crippen molar-refractivity contribution in [2.45, 2.75) is 26.3 Å². The highest BCUT2D eigenvalue weighted by atomic mass is 16.4. The standard InChI is InChI=1S/C15H20N6O4/c1-3-5-16-15(25)13-11(8-17-20(13)2)19-14(24)10-7-18-21(9-10)6-4-12(22)23/h7-9H,3-6H2,1-2H3,(H,16,25)(H,19,24)(H,22,23). The van der Waals surface area contributed by atoms with Gasteiger partial charge < -0.3 is 15.7 Å². The van der Waals surface area contributed by atoms with E-state index in [-0.39, 0.29) is 30.1 Å². The van der Waals surface area contributed by atoms with Crippen LogP contribution < -0.4 is 10.6 Å². The zero-order valence-corrected chi connectivity index (χ0v) is 14.0. The third-order valence-electron chi connectivity index (χ3n) is 3.39. The lowest BCUT2D eigenvalue weighted by atomic mass is 10.3. The summed E-state index contributed by atoms with van der Waals surface area (Å²) in [5.41, 5.74) is 0.800. The predicted octanol–water partition coefficient (Wildman–Crippen LogP) is 0.483. The Balaban J connectivity index is 2.08. The van der Waals surface area contributed by atoms with E-state index in [0.29, 0.717) is 12.2 Å². The molecule has 0 radical (unpaired) electrons. The molecular formula is C15H20N6O4. The summed E-state index contributed by atoms with van der Waals surface area (Å²) in [5.74, 6) is -1.73. The fourth-order valence-electron chi connectivity index (χ4n) is 2.13. The Morgan fingerprint density at radius 1 is 1.20 bits per heavy atom. The molecule has 0 aliphatic carbocycles. The third-order valence-corrected chi connectivity index (χ3v) is 3.39. The van der Waals surface area contributed by atoms with Crippen LogP contribution in [0.1, 0.15) is 40.6 Å². The molecule has 0 fully saturated rings. The van der Waals surface area contributed by atoms with Gasteiger partial charge in [0, 0.05) is 19.8 Å². The van der Waals surface area contributed by atoms with E-state index >= 15 is 0 Å². The third kappa shape index (κ3) is 4.66. The maximum absolute atomic E-state index is 12.3. The lowest BCUT2D eigenvalue weighted by Gasteiger charge is -2.07. The highest BCUT2D eigenvalue weighted by Gasteiger charge is 2.19. The molecule has 10 nitrogen and oxygen atoms in total. The van der Waals surface area contributed by atoms with Crippen molar-refractivity contribution in [2.75, 3.05) is 11.9 Å². The first kappa shape index (κ1) is 18.2. The Bertz CT molecular complexity index is 779. The van der Waals surface area contributed by atoms with Gasteiger partial charge in [0.05, 0.1) is 36.6 Å². The number of nitrogens with zero attached hydrogens (tertiary/aromatic N) is 4. The Hall–Kier alpha value is -3.17. The molecule has 2 amide bonds. The summed E-state index contributed by atoms with van der Waals surface area (Å²) >= 11 is 0. The quantitative estimate of drug-likeness (QED) is 0.636. The summed E-state index contributed by atoms with van der Waals surface area (Å²) in [6, 6.07) is 0. The molecule has 2 aromatic heterocycles. The van der Waals surface area contributed by atoms with Gasteiger partial charge in [-0.3, -0.25) is 23.7 Å². The van der Waals surface area contributed by atoms with Gasteiger partial charge >= 0.3 is 5.97 Å². The number of hydrogen-bond acceptors (Lipinski definition) is 5. The number of carboxylic acid groups (broad SMARTS) is 1. The maximum Gasteiger partial charge on any atom is 0.305 e. The predicted molar refractivity (Wildman–Crippen MR) is 88.3 cm³/mol. The number of carboxylic acids is 1. The maximum atomic E-state index is 12.3. The van der Waals surface area contributed by atoms with Crippen molar-refractivity contribution < 1.29 is 19.5 Å². The molecule has 10 heteroatoms. The SMILES string of the molecule is CCCNC(=O)c1c(NC(=O)c2cnn(CCC(=O)O)c2)cnn1C. The molecule has 0 saturated carbocycles. The first-order chi connectivity index (χ1) is 11.9. The minimum atomic E-state index is -0.945. The van der Waals surface area contributed by atoms with Crippen molar-refractivity contribution in [1.29, 1.82) is 0 Å². The summed E-state index contributed by atoms with van der Waals surface area (Å²) in [4.78, 5) is 35.1. The smallest absolute Gasteiger partial charge is 0.305 e. The molecule has 25 heavy (non-hydrogen) atoms. The Morgan fingerprint density at radius 2 is 1.96 bits per heavy atom. The summed E-state index contributed by atoms with van der Waals surface area (Å²) < 4.78 is 2.76. The average molecular weight is 348 g/mol. The molecule has 2 heterocycles. The van der Waals surface area contributed by atoms with Crippen LogP contribution in [0.2, 0.25) is 0 Å². The van der Waals surface area contributed by atoms with Crippen molar-refractivity contribution in [3.8, 4) is 0 Å². The number of aryl methyl sites for hydroxylation is 2. The average Bonchev–Trinajstić information content (AvgIpc) is 3.18. The minimum absolute atomic E-state index is 0.0902. The lowest BCUT2D eigenvalue weighted by molar-refractivity contribution is -0.137. The monoisotopic (exact) mass is 348 g/mol. The number of nitrogens with one attached hydrogen (secondary N) is 2. The number of hydrogen-bond donors (Lipinski definition) is 3. The highest BCUT2D eigenvalue weighted by molar-refractivity contribution is 6.08. The van der Waals surface area contributed by atoms with Gasteiger partial charge in [-0.25, -0.2) is 0 Å². The second-order valence-electron chi connectivity index (χ2n) is 5.38. The molecule has 0 atom stereocenters. The fourth-order valence-corrected chi connectivity index (χ4v) is 2.13. The van der Waals surface area contributed by atoms with Crippen LogP contribution in [0.4, 0.5) is 5.69 Å². The largest absolute Gasteiger partial charge is 0.481 e. The number of anilines is 1. The van der Waals surface area contributed by atoms with Gasteiger partial charge in [-0.1, -0.05) is 6.92 Å². The molecule has 0 aliphatic heterocycles. The number of carbonyl (C=O) groups excluding carboxylic acids is 2. The van der Waals surface area contributed by atoms with Crippen molar-refractivity contribution in [3.63, 3.8) is 0 Å². The Labute approximate surface area is 143 Å². The Kier molecular flexibility index (Phi) is 5.88. The molecule has 0 saturated heterocycles. The topological polar surface area (TPSA) is 131 Å². The van der Waals surface area contributed by atoms with Crippen LogP contribution in [0.25, 0.3) is 0 Å². The molecule has 2 aromatic rings. The molecule has 2 rings (SSSR count). The highest BCUT2D eigenvalue weighted by Crippen LogP contribution is 2.15. The summed E-state index contributed by atoms with van der Waals surface area (Å²) in [5, 5.41) is 22.0. The number of amides is 2. The van der Waals surface area contributed by atoms with Crippen molar-refractivity contribution >= 4 is 23.5 Å². The van der Waals surface area contributed by atoms with E-state index in [1.165, 1.54) is 28.0 Å². The zero-order valence-electron chi connectivity index (χ0n) is 14.0. The lowest BCUT2D eigenvalue weighted by Crippen LogP contribution is -2.27. The van der Waals surface area contributed by atoms with Crippen LogP contribution >= 0.6 is 0 Å². The van der Waals surface area contributed by atoms with Crippen LogP contribution in [-0.4, -0.2) is 49.0 Å². The van der Waals surface area contributed by atoms with Gasteiger partial charge in [-0.15, -0.1) is 0 Å². The first-order valence-corrected chi connectivity index (χ1v) is 7.78. The van der Waals surface area contributed by atoms with E-state index in [4.69, 9.17) is 5.11 Å². The molecule has 0 aliphatic rings. The molecule has 0 aromatic carbocycles. The minimum Gasteiger partial charge on any atom is -0.481 e. The van der Waals surface area contributed by atoms with Gasteiger partial charge in [0.15, 0.2) is 0 Å². The van der Waals surface area contributed by atoms with Crippen LogP contribution in [0.15, 0.2) is 18.6 Å². The van der Waals surface area contributed by atoms with Crippen molar-refractivity contribution in [2.24, 2.45) is 7.05 Å². The van der Waals surface area contributed by atoms with Gasteiger partial charge in [0.2, 0.25) is 0 Å². The van der Waals surface area contributed by atoms with E-state index in [9.17, 15) is 14.4 Å². The van der Waals surface area contributed by atoms with Crippen LogP contribution in [-0.2, 0) is 18.4 Å². The Morgan fingerprint density at radius 3 is 2.64 bits per heavy atom. The summed E-state index contributed by atoms with van der Waals surface area (Å²) in [6.07, 6.45) is 4.89. The van der Waals surface area contributed by atoms with Gasteiger partial charge in [0.1, 0.15) is 5.69 Å². The number of rotatable bonds is 8. The van der Waals surface area contributed by atoms with Crippen LogP contribution in [0, 0.1) is 0 Å². The molecule has 134 valence electrons. The fraction of sp³-hybridized carbons (Fsp3) is 0.400. The van der Waals surface area contributed by atoms with Gasteiger partial charge in [0.25, 0.3) is 11.8 Å². The molecule has 0 unspecified atom stereocenters. The van der Waals surface area contributed by atoms with Crippen molar-refractivity contribution in [1.82, 2.24) is 24.9 Å². The second-order valence-corrected chi connectivity index (χ2v) is 5.38. The number of aliphatic carboxylic acids is 1. The zero-order chi connectivity index (χ0) is 18.4. The molecule has 0 bridgehead atoms. The number of carbonyl (C=O) groups is 3. The van der Waals surface area contributed by atoms with E-state index in [1.54, 1.807) is 7.05 Å². The van der Waals surface area contributed by atoms with Crippen molar-refractivity contribution in [3.05, 3.63) is 29.8 Å². The molecule has 3 N–H and O–H groups in total. The van der Waals surface area contributed by atoms with E-state index in [0.717, 1.165) is 6.42 Å². The van der Waals surface area contributed by atoms with Crippen LogP contribution in [0.3, 0.4) is 0 Å². The van der Waals surface area contributed by atoms with Gasteiger partial charge in [-0.2, -0.15) is 10.2 Å². The van der Waals surface area contributed by atoms with Gasteiger partial charge in [-0.05, 0) is 6.42 Å². The summed E-state index contributed by atoms with van der Waals surface area (Å²) in [7, 11) is 1.61. The number of aromatic nitrogens is 4. The van der Waals surface area contributed by atoms with E-state index in [1.807, 2.05) is 6.92 Å². The normalized spacial score (nSPS) is 10.5. The summed E-state index contributed by atoms with van der Waals surface area (Å²) in [6.45, 7) is 2.63. The molecule has 0 spiro atoms. The first-order valence-electron chi connectivity index (χ1n) is 7.78. The molecular weight excluding hydrogens is 328 g/mol. The van der Waals surface area contributed by atoms with E-state index in [2.05, 4.69) is 20.8 Å².